The SMILES string of the molecule is CCOC(=O)c1c(NC(=O)COC(=O)CNC(=O)COc2ccccc2)sc2c1CCC(C)C2. The van der Waals surface area contributed by atoms with Gasteiger partial charge in [-0.3, -0.25) is 14.4 Å². The minimum absolute atomic E-state index is 0.229. The van der Waals surface area contributed by atoms with Gasteiger partial charge < -0.3 is 24.8 Å². The lowest BCUT2D eigenvalue weighted by atomic mass is 9.88. The van der Waals surface area contributed by atoms with Crippen molar-refractivity contribution >= 4 is 40.1 Å². The fourth-order valence-corrected chi connectivity index (χ4v) is 4.92. The van der Waals surface area contributed by atoms with Crippen LogP contribution in [0.3, 0.4) is 0 Å². The van der Waals surface area contributed by atoms with E-state index < -0.39 is 36.9 Å². The van der Waals surface area contributed by atoms with Gasteiger partial charge in [0.2, 0.25) is 0 Å². The molecule has 1 heterocycles. The molecule has 0 saturated carbocycles. The number of esters is 2. The molecule has 1 aromatic heterocycles. The summed E-state index contributed by atoms with van der Waals surface area (Å²) in [6.45, 7) is 2.91. The number of anilines is 1. The number of carbonyl (C=O) groups excluding carboxylic acids is 4. The van der Waals surface area contributed by atoms with E-state index in [2.05, 4.69) is 17.6 Å². The number of ether oxygens (including phenoxy) is 3. The molecule has 1 aliphatic carbocycles. The summed E-state index contributed by atoms with van der Waals surface area (Å²) in [6.07, 6.45) is 2.55. The lowest BCUT2D eigenvalue weighted by molar-refractivity contribution is -0.147. The number of hydrogen-bond donors (Lipinski definition) is 2. The van der Waals surface area contributed by atoms with Crippen LogP contribution >= 0.6 is 11.3 Å². The van der Waals surface area contributed by atoms with Gasteiger partial charge in [0, 0.05) is 4.88 Å². The molecule has 0 aliphatic heterocycles. The normalized spacial score (nSPS) is 14.5. The van der Waals surface area contributed by atoms with Crippen molar-refractivity contribution in [1.29, 1.82) is 0 Å². The van der Waals surface area contributed by atoms with Crippen molar-refractivity contribution in [2.24, 2.45) is 5.92 Å². The zero-order valence-corrected chi connectivity index (χ0v) is 20.0. The molecule has 0 radical (unpaired) electrons. The van der Waals surface area contributed by atoms with Crippen LogP contribution in [0.2, 0.25) is 0 Å². The van der Waals surface area contributed by atoms with E-state index in [0.717, 1.165) is 29.7 Å². The third-order valence-electron chi connectivity index (χ3n) is 5.15. The number of rotatable bonds is 10. The Kier molecular flexibility index (Phi) is 9.03. The van der Waals surface area contributed by atoms with Gasteiger partial charge in [0.15, 0.2) is 13.2 Å². The van der Waals surface area contributed by atoms with Gasteiger partial charge in [0.05, 0.1) is 12.2 Å². The third-order valence-corrected chi connectivity index (χ3v) is 6.32. The molecule has 0 fully saturated rings. The Bertz CT molecular complexity index is 1040. The van der Waals surface area contributed by atoms with E-state index >= 15 is 0 Å². The highest BCUT2D eigenvalue weighted by molar-refractivity contribution is 7.17. The number of nitrogens with one attached hydrogen (secondary N) is 2. The van der Waals surface area contributed by atoms with Gasteiger partial charge in [0.1, 0.15) is 17.3 Å². The second-order valence-corrected chi connectivity index (χ2v) is 8.97. The van der Waals surface area contributed by atoms with Crippen LogP contribution in [0.5, 0.6) is 5.75 Å². The molecule has 1 aliphatic rings. The first-order valence-corrected chi connectivity index (χ1v) is 11.9. The Hall–Kier alpha value is -3.40. The second kappa shape index (κ2) is 12.2. The minimum atomic E-state index is -0.770. The Balaban J connectivity index is 1.47. The van der Waals surface area contributed by atoms with Crippen molar-refractivity contribution in [2.45, 2.75) is 33.1 Å². The second-order valence-electron chi connectivity index (χ2n) is 7.86. The number of benzene rings is 1. The fraction of sp³-hybridized carbons (Fsp3) is 0.417. The summed E-state index contributed by atoms with van der Waals surface area (Å²) < 4.78 is 15.4. The van der Waals surface area contributed by atoms with Crippen molar-refractivity contribution in [3.63, 3.8) is 0 Å². The molecule has 1 aromatic carbocycles. The van der Waals surface area contributed by atoms with Gasteiger partial charge in [-0.15, -0.1) is 11.3 Å². The number of carbonyl (C=O) groups is 4. The maximum Gasteiger partial charge on any atom is 0.341 e. The van der Waals surface area contributed by atoms with E-state index in [1.807, 2.05) is 6.07 Å². The summed E-state index contributed by atoms with van der Waals surface area (Å²) in [6, 6.07) is 8.79. The molecule has 1 unspecified atom stereocenters. The van der Waals surface area contributed by atoms with Crippen molar-refractivity contribution in [2.75, 3.05) is 31.7 Å². The van der Waals surface area contributed by atoms with Gasteiger partial charge >= 0.3 is 11.9 Å². The summed E-state index contributed by atoms with van der Waals surface area (Å²) in [5, 5.41) is 5.45. The zero-order valence-electron chi connectivity index (χ0n) is 19.2. The van der Waals surface area contributed by atoms with Crippen LogP contribution in [0.15, 0.2) is 30.3 Å². The van der Waals surface area contributed by atoms with Crippen LogP contribution in [0.1, 0.15) is 41.1 Å². The van der Waals surface area contributed by atoms with Crippen LogP contribution in [0.4, 0.5) is 5.00 Å². The van der Waals surface area contributed by atoms with E-state index in [1.54, 1.807) is 31.2 Å². The standard InChI is InChI=1S/C24H28N2O7S/c1-3-31-24(30)22-17-10-9-15(2)11-18(17)34-23(22)26-20(28)14-33-21(29)12-25-19(27)13-32-16-7-5-4-6-8-16/h4-8,15H,3,9-14H2,1-2H3,(H,25,27)(H,26,28). The average Bonchev–Trinajstić information content (AvgIpc) is 3.17. The number of para-hydroxylation sites is 1. The maximum atomic E-state index is 12.5. The van der Waals surface area contributed by atoms with Crippen molar-refractivity contribution < 1.29 is 33.4 Å². The summed E-state index contributed by atoms with van der Waals surface area (Å²) in [7, 11) is 0. The summed E-state index contributed by atoms with van der Waals surface area (Å²) >= 11 is 1.36. The lowest BCUT2D eigenvalue weighted by Gasteiger charge is -2.18. The smallest absolute Gasteiger partial charge is 0.341 e. The molecule has 0 bridgehead atoms. The molecule has 0 spiro atoms. The molecular weight excluding hydrogens is 460 g/mol. The van der Waals surface area contributed by atoms with E-state index in [9.17, 15) is 19.2 Å². The van der Waals surface area contributed by atoms with Gasteiger partial charge in [-0.2, -0.15) is 0 Å². The van der Waals surface area contributed by atoms with Crippen molar-refractivity contribution in [3.8, 4) is 5.75 Å². The topological polar surface area (TPSA) is 120 Å². The minimum Gasteiger partial charge on any atom is -0.484 e. The number of thiophene rings is 1. The molecule has 182 valence electrons. The van der Waals surface area contributed by atoms with Gasteiger partial charge in [-0.25, -0.2) is 4.79 Å². The number of amides is 2. The third kappa shape index (κ3) is 7.05. The predicted octanol–water partition coefficient (Wildman–Crippen LogP) is 2.73. The summed E-state index contributed by atoms with van der Waals surface area (Å²) in [5.74, 6) is -1.29. The van der Waals surface area contributed by atoms with E-state index in [-0.39, 0.29) is 13.2 Å². The molecule has 0 saturated heterocycles. The first-order valence-electron chi connectivity index (χ1n) is 11.1. The maximum absolute atomic E-state index is 12.5. The summed E-state index contributed by atoms with van der Waals surface area (Å²) in [5.41, 5.74) is 1.31. The molecule has 9 nitrogen and oxygen atoms in total. The van der Waals surface area contributed by atoms with Crippen LogP contribution in [0, 0.1) is 5.92 Å². The molecular formula is C24H28N2O7S. The highest BCUT2D eigenvalue weighted by Crippen LogP contribution is 2.40. The Morgan fingerprint density at radius 2 is 1.82 bits per heavy atom. The van der Waals surface area contributed by atoms with Crippen LogP contribution in [-0.4, -0.2) is 50.1 Å². The van der Waals surface area contributed by atoms with Crippen LogP contribution < -0.4 is 15.4 Å². The summed E-state index contributed by atoms with van der Waals surface area (Å²) in [4.78, 5) is 49.7. The van der Waals surface area contributed by atoms with Crippen LogP contribution in [-0.2, 0) is 36.7 Å². The Labute approximate surface area is 201 Å². The largest absolute Gasteiger partial charge is 0.484 e. The quantitative estimate of drug-likeness (QED) is 0.494. The highest BCUT2D eigenvalue weighted by Gasteiger charge is 2.29. The average molecular weight is 489 g/mol. The number of hydrogen-bond acceptors (Lipinski definition) is 8. The number of fused-ring (bicyclic) bond motifs is 1. The van der Waals surface area contributed by atoms with Gasteiger partial charge in [-0.05, 0) is 49.8 Å². The lowest BCUT2D eigenvalue weighted by Crippen LogP contribution is -2.35. The molecule has 34 heavy (non-hydrogen) atoms. The first-order chi connectivity index (χ1) is 16.4. The Morgan fingerprint density at radius 1 is 1.06 bits per heavy atom. The van der Waals surface area contributed by atoms with Crippen molar-refractivity contribution in [3.05, 3.63) is 46.3 Å². The monoisotopic (exact) mass is 488 g/mol. The Morgan fingerprint density at radius 3 is 2.56 bits per heavy atom. The van der Waals surface area contributed by atoms with E-state index in [0.29, 0.717) is 22.2 Å². The first kappa shape index (κ1) is 25.2. The molecule has 2 N–H and O–H groups in total. The molecule has 10 heteroatoms. The fourth-order valence-electron chi connectivity index (χ4n) is 3.51. The zero-order chi connectivity index (χ0) is 24.5. The van der Waals surface area contributed by atoms with Crippen molar-refractivity contribution in [1.82, 2.24) is 5.32 Å². The van der Waals surface area contributed by atoms with Gasteiger partial charge in [-0.1, -0.05) is 25.1 Å². The molecule has 2 amide bonds. The highest BCUT2D eigenvalue weighted by atomic mass is 32.1. The van der Waals surface area contributed by atoms with Gasteiger partial charge in [0.25, 0.3) is 11.8 Å². The molecule has 2 aromatic rings. The van der Waals surface area contributed by atoms with E-state index in [4.69, 9.17) is 14.2 Å². The van der Waals surface area contributed by atoms with Crippen LogP contribution in [0.25, 0.3) is 0 Å². The van der Waals surface area contributed by atoms with E-state index in [1.165, 1.54) is 11.3 Å². The molecule has 1 atom stereocenters. The molecule has 3 rings (SSSR count). The predicted molar refractivity (Wildman–Crippen MR) is 126 cm³/mol.